The van der Waals surface area contributed by atoms with E-state index in [1.165, 1.54) is 17.6 Å². The fraction of sp³-hybridized carbons (Fsp3) is 0.316. The highest BCUT2D eigenvalue weighted by Gasteiger charge is 2.17. The van der Waals surface area contributed by atoms with Gasteiger partial charge < -0.3 is 19.5 Å². The van der Waals surface area contributed by atoms with Gasteiger partial charge in [-0.2, -0.15) is 0 Å². The lowest BCUT2D eigenvalue weighted by atomic mass is 10.1. The van der Waals surface area contributed by atoms with Gasteiger partial charge in [0.15, 0.2) is 11.5 Å². The normalized spacial score (nSPS) is 12.5. The number of ether oxygens (including phenoxy) is 2. The number of hydrogen-bond donors (Lipinski definition) is 2. The Kier molecular flexibility index (Phi) is 6.21. The molecule has 0 heterocycles. The minimum atomic E-state index is 0.110. The van der Waals surface area contributed by atoms with E-state index in [9.17, 15) is 5.11 Å². The van der Waals surface area contributed by atoms with Crippen LogP contribution in [0.2, 0.25) is 0 Å². The van der Waals surface area contributed by atoms with Crippen molar-refractivity contribution in [3.63, 3.8) is 0 Å². The van der Waals surface area contributed by atoms with Gasteiger partial charge in [0, 0.05) is 17.3 Å². The number of nitrogens with one attached hydrogen (secondary N) is 1. The maximum atomic E-state index is 10.1. The molecule has 2 rings (SSSR count). The van der Waals surface area contributed by atoms with Crippen molar-refractivity contribution in [2.75, 3.05) is 34.9 Å². The van der Waals surface area contributed by atoms with E-state index in [-0.39, 0.29) is 11.8 Å². The van der Waals surface area contributed by atoms with E-state index in [0.717, 1.165) is 5.75 Å². The highest BCUT2D eigenvalue weighted by molar-refractivity contribution is 5.84. The number of para-hydroxylation sites is 1. The molecule has 0 aliphatic heterocycles. The molecule has 0 aliphatic rings. The smallest absolute Gasteiger partial charge is 0.166 e. The highest BCUT2D eigenvalue weighted by Crippen LogP contribution is 2.28. The average molecular weight is 329 g/mol. The molecule has 0 saturated carbocycles. The van der Waals surface area contributed by atoms with Crippen LogP contribution in [0.4, 0.5) is 0 Å². The van der Waals surface area contributed by atoms with Gasteiger partial charge >= 0.3 is 0 Å². The second kappa shape index (κ2) is 8.36. The maximum absolute atomic E-state index is 10.1. The highest BCUT2D eigenvalue weighted by atomic mass is 16.5. The zero-order valence-electron chi connectivity index (χ0n) is 14.6. The van der Waals surface area contributed by atoms with E-state index in [1.54, 1.807) is 19.4 Å². The second-order valence-corrected chi connectivity index (χ2v) is 5.80. The Morgan fingerprint density at radius 3 is 2.54 bits per heavy atom. The molecule has 128 valence electrons. The number of benzene rings is 2. The number of phenolic OH excluding ortho intramolecular Hbond substituents is 1. The Labute approximate surface area is 143 Å². The van der Waals surface area contributed by atoms with Crippen LogP contribution >= 0.6 is 0 Å². The number of aliphatic imine (C=N–C) groups is 1. The fourth-order valence-electron chi connectivity index (χ4n) is 2.54. The summed E-state index contributed by atoms with van der Waals surface area (Å²) in [7, 11) is 7.40. The largest absolute Gasteiger partial charge is 0.504 e. The minimum absolute atomic E-state index is 0.110. The van der Waals surface area contributed by atoms with Gasteiger partial charge in [-0.25, -0.2) is 0 Å². The van der Waals surface area contributed by atoms with E-state index in [2.05, 4.69) is 25.2 Å². The summed E-state index contributed by atoms with van der Waals surface area (Å²) in [4.78, 5) is 5.80. The van der Waals surface area contributed by atoms with Gasteiger partial charge in [-0.3, -0.25) is 4.99 Å². The van der Waals surface area contributed by atoms with Crippen molar-refractivity contribution < 1.29 is 19.5 Å². The molecule has 1 atom stereocenters. The number of rotatable bonds is 7. The van der Waals surface area contributed by atoms with Gasteiger partial charge in [-0.1, -0.05) is 18.2 Å². The number of hydrogen-bond acceptors (Lipinski definition) is 4. The average Bonchev–Trinajstić information content (AvgIpc) is 2.59. The molecular formula is C19H25N2O3+. The molecule has 2 aromatic rings. The third-order valence-electron chi connectivity index (χ3n) is 3.96. The van der Waals surface area contributed by atoms with Gasteiger partial charge in [-0.05, 0) is 24.3 Å². The molecule has 0 saturated heterocycles. The number of likely N-dealkylation sites (N-methyl/N-ethyl adjacent to an activating group) is 1. The molecule has 0 fully saturated rings. The molecule has 0 bridgehead atoms. The lowest BCUT2D eigenvalue weighted by molar-refractivity contribution is -0.890. The summed E-state index contributed by atoms with van der Waals surface area (Å²) in [6, 6.07) is 13.6. The Morgan fingerprint density at radius 2 is 1.88 bits per heavy atom. The zero-order chi connectivity index (χ0) is 17.5. The Morgan fingerprint density at radius 1 is 1.12 bits per heavy atom. The molecule has 5 heteroatoms. The van der Waals surface area contributed by atoms with Crippen LogP contribution in [0.25, 0.3) is 0 Å². The second-order valence-electron chi connectivity index (χ2n) is 5.80. The SMILES string of the molecule is COc1cccc([C@@H](CN=Cc2cccc(OC)c2O)[NH+](C)C)c1. The first kappa shape index (κ1) is 17.8. The first-order valence-electron chi connectivity index (χ1n) is 7.86. The van der Waals surface area contributed by atoms with Crippen LogP contribution in [0.1, 0.15) is 17.2 Å². The third kappa shape index (κ3) is 4.26. The first-order valence-corrected chi connectivity index (χ1v) is 7.86. The molecule has 24 heavy (non-hydrogen) atoms. The maximum Gasteiger partial charge on any atom is 0.166 e. The van der Waals surface area contributed by atoms with Gasteiger partial charge in [-0.15, -0.1) is 0 Å². The summed E-state index contributed by atoms with van der Waals surface area (Å²) in [5, 5.41) is 10.1. The predicted octanol–water partition coefficient (Wildman–Crippen LogP) is 1.71. The zero-order valence-corrected chi connectivity index (χ0v) is 14.6. The van der Waals surface area contributed by atoms with E-state index < -0.39 is 0 Å². The van der Waals surface area contributed by atoms with Crippen molar-refractivity contribution in [3.8, 4) is 17.2 Å². The van der Waals surface area contributed by atoms with Crippen molar-refractivity contribution in [2.24, 2.45) is 4.99 Å². The molecule has 0 amide bonds. The third-order valence-corrected chi connectivity index (χ3v) is 3.96. The molecule has 2 N–H and O–H groups in total. The van der Waals surface area contributed by atoms with E-state index >= 15 is 0 Å². The molecule has 2 aromatic carbocycles. The molecule has 0 unspecified atom stereocenters. The summed E-state index contributed by atoms with van der Waals surface area (Å²) in [5.41, 5.74) is 1.81. The summed E-state index contributed by atoms with van der Waals surface area (Å²) in [6.07, 6.45) is 1.69. The molecule has 0 aliphatic carbocycles. The van der Waals surface area contributed by atoms with Gasteiger partial charge in [0.25, 0.3) is 0 Å². The summed E-state index contributed by atoms with van der Waals surface area (Å²) < 4.78 is 10.4. The van der Waals surface area contributed by atoms with Crippen LogP contribution < -0.4 is 14.4 Å². The van der Waals surface area contributed by atoms with Crippen LogP contribution in [0, 0.1) is 0 Å². The van der Waals surface area contributed by atoms with Crippen LogP contribution in [0.3, 0.4) is 0 Å². The van der Waals surface area contributed by atoms with Crippen LogP contribution in [0.5, 0.6) is 17.2 Å². The summed E-state index contributed by atoms with van der Waals surface area (Å²) in [5.74, 6) is 1.40. The van der Waals surface area contributed by atoms with Gasteiger partial charge in [0.2, 0.25) is 0 Å². The van der Waals surface area contributed by atoms with Crippen LogP contribution in [0.15, 0.2) is 47.5 Å². The van der Waals surface area contributed by atoms with Crippen molar-refractivity contribution >= 4 is 6.21 Å². The van der Waals surface area contributed by atoms with Crippen LogP contribution in [-0.2, 0) is 0 Å². The van der Waals surface area contributed by atoms with Crippen molar-refractivity contribution in [3.05, 3.63) is 53.6 Å². The molecular weight excluding hydrogens is 304 g/mol. The van der Waals surface area contributed by atoms with E-state index in [1.807, 2.05) is 30.3 Å². The predicted molar refractivity (Wildman–Crippen MR) is 95.7 cm³/mol. The quantitative estimate of drug-likeness (QED) is 0.761. The van der Waals surface area contributed by atoms with Crippen LogP contribution in [-0.4, -0.2) is 46.2 Å². The standard InChI is InChI=1S/C19H24N2O3/c1-21(2)17(14-7-5-9-16(11-14)23-3)13-20-12-15-8-6-10-18(24-4)19(15)22/h5-12,17,22H,13H2,1-4H3/p+1/t17-/m1/s1. The molecule has 0 aromatic heterocycles. The number of phenols is 1. The monoisotopic (exact) mass is 329 g/mol. The summed E-state index contributed by atoms with van der Waals surface area (Å²) >= 11 is 0. The Bertz CT molecular complexity index is 699. The molecule has 0 radical (unpaired) electrons. The molecule has 5 nitrogen and oxygen atoms in total. The van der Waals surface area contributed by atoms with E-state index in [4.69, 9.17) is 9.47 Å². The van der Waals surface area contributed by atoms with Gasteiger partial charge in [0.05, 0.1) is 34.9 Å². The first-order chi connectivity index (χ1) is 11.6. The van der Waals surface area contributed by atoms with E-state index in [0.29, 0.717) is 17.9 Å². The number of methoxy groups -OCH3 is 2. The number of nitrogens with zero attached hydrogens (tertiary/aromatic N) is 1. The minimum Gasteiger partial charge on any atom is -0.504 e. The van der Waals surface area contributed by atoms with Gasteiger partial charge in [0.1, 0.15) is 11.8 Å². The Balaban J connectivity index is 2.17. The fourth-order valence-corrected chi connectivity index (χ4v) is 2.54. The molecule has 0 spiro atoms. The summed E-state index contributed by atoms with van der Waals surface area (Å²) in [6.45, 7) is 0.603. The van der Waals surface area contributed by atoms with Crippen molar-refractivity contribution in [1.29, 1.82) is 0 Å². The lowest BCUT2D eigenvalue weighted by Gasteiger charge is -2.20. The number of aromatic hydroxyl groups is 1. The topological polar surface area (TPSA) is 55.5 Å². The van der Waals surface area contributed by atoms with Crippen molar-refractivity contribution in [2.45, 2.75) is 6.04 Å². The number of quaternary nitrogens is 1. The Hall–Kier alpha value is -2.53. The van der Waals surface area contributed by atoms with Crippen molar-refractivity contribution in [1.82, 2.24) is 0 Å². The lowest BCUT2D eigenvalue weighted by Crippen LogP contribution is -3.06.